The van der Waals surface area contributed by atoms with E-state index in [1.807, 2.05) is 0 Å². The fourth-order valence-corrected chi connectivity index (χ4v) is 3.03. The molecule has 25 heavy (non-hydrogen) atoms. The Morgan fingerprint density at radius 2 is 1.96 bits per heavy atom. The van der Waals surface area contributed by atoms with Crippen LogP contribution < -0.4 is 10.6 Å². The molecule has 0 amide bonds. The van der Waals surface area contributed by atoms with E-state index in [0.717, 1.165) is 31.5 Å². The van der Waals surface area contributed by atoms with Crippen LogP contribution in [0, 0.1) is 12.8 Å². The minimum atomic E-state index is 0. The first-order valence-corrected chi connectivity index (χ1v) is 9.51. The summed E-state index contributed by atoms with van der Waals surface area (Å²) in [6, 6.07) is 8.64. The Hall–Kier alpha value is -0.820. The molecule has 142 valence electrons. The monoisotopic (exact) mass is 458 g/mol. The lowest BCUT2D eigenvalue weighted by molar-refractivity contribution is 0.341. The Morgan fingerprint density at radius 3 is 2.60 bits per heavy atom. The van der Waals surface area contributed by atoms with Gasteiger partial charge in [0, 0.05) is 19.6 Å². The number of guanidine groups is 1. The van der Waals surface area contributed by atoms with Crippen LogP contribution in [0.15, 0.2) is 29.3 Å². The fourth-order valence-electron chi connectivity index (χ4n) is 3.03. The quantitative estimate of drug-likeness (QED) is 0.270. The lowest BCUT2D eigenvalue weighted by Gasteiger charge is -2.16. The molecule has 5 heteroatoms. The first-order chi connectivity index (χ1) is 11.7. The van der Waals surface area contributed by atoms with E-state index in [9.17, 15) is 0 Å². The molecule has 1 fully saturated rings. The maximum atomic E-state index is 4.78. The van der Waals surface area contributed by atoms with E-state index >= 15 is 0 Å². The van der Waals surface area contributed by atoms with Crippen LogP contribution in [0.25, 0.3) is 0 Å². The molecule has 0 aliphatic carbocycles. The lowest BCUT2D eigenvalue weighted by Crippen LogP contribution is -2.40. The molecule has 0 radical (unpaired) electrons. The Labute approximate surface area is 170 Å². The number of likely N-dealkylation sites (tertiary alicyclic amines) is 1. The average Bonchev–Trinajstić information content (AvgIpc) is 3.06. The zero-order valence-corrected chi connectivity index (χ0v) is 18.4. The third kappa shape index (κ3) is 8.40. The third-order valence-electron chi connectivity index (χ3n) is 4.74. The van der Waals surface area contributed by atoms with Crippen LogP contribution in [0.3, 0.4) is 0 Å². The molecule has 0 spiro atoms. The van der Waals surface area contributed by atoms with E-state index < -0.39 is 0 Å². The molecule has 1 aromatic rings. The molecule has 0 bridgehead atoms. The van der Waals surface area contributed by atoms with E-state index in [0.29, 0.717) is 0 Å². The van der Waals surface area contributed by atoms with Crippen LogP contribution >= 0.6 is 24.0 Å². The van der Waals surface area contributed by atoms with E-state index in [4.69, 9.17) is 4.99 Å². The Morgan fingerprint density at radius 1 is 1.20 bits per heavy atom. The van der Waals surface area contributed by atoms with Crippen molar-refractivity contribution in [2.45, 2.75) is 46.6 Å². The van der Waals surface area contributed by atoms with Gasteiger partial charge in [-0.05, 0) is 44.3 Å². The van der Waals surface area contributed by atoms with Gasteiger partial charge in [-0.15, -0.1) is 24.0 Å². The SMILES string of the molecule is CCCCNC(=NCc1ccc(C)cc1)NCC1CCN(CC)C1.I. The molecule has 0 saturated carbocycles. The molecule has 4 nitrogen and oxygen atoms in total. The van der Waals surface area contributed by atoms with Crippen LogP contribution in [0.5, 0.6) is 0 Å². The lowest BCUT2D eigenvalue weighted by atomic mass is 10.1. The molecule has 1 atom stereocenters. The van der Waals surface area contributed by atoms with Gasteiger partial charge >= 0.3 is 0 Å². The highest BCUT2D eigenvalue weighted by Crippen LogP contribution is 2.14. The number of unbranched alkanes of at least 4 members (excludes halogenated alkanes) is 1. The van der Waals surface area contributed by atoms with Crippen molar-refractivity contribution in [1.29, 1.82) is 0 Å². The summed E-state index contributed by atoms with van der Waals surface area (Å²) in [5, 5.41) is 7.04. The standard InChI is InChI=1S/C20H34N4.HI/c1-4-6-12-21-20(22-14-18-9-7-17(3)8-10-18)23-15-19-11-13-24(5-2)16-19;/h7-10,19H,4-6,11-16H2,1-3H3,(H2,21,22,23);1H. The molecule has 2 N–H and O–H groups in total. The Bertz CT molecular complexity index is 501. The molecule has 1 aliphatic heterocycles. The maximum absolute atomic E-state index is 4.78. The number of benzene rings is 1. The molecule has 1 aromatic carbocycles. The number of halogens is 1. The summed E-state index contributed by atoms with van der Waals surface area (Å²) in [4.78, 5) is 7.30. The van der Waals surface area contributed by atoms with Gasteiger partial charge in [0.25, 0.3) is 0 Å². The second-order valence-electron chi connectivity index (χ2n) is 6.86. The first kappa shape index (κ1) is 22.2. The van der Waals surface area contributed by atoms with Gasteiger partial charge in [-0.25, -0.2) is 4.99 Å². The Kier molecular flexibility index (Phi) is 11.1. The summed E-state index contributed by atoms with van der Waals surface area (Å²) in [6.07, 6.45) is 3.67. The highest BCUT2D eigenvalue weighted by atomic mass is 127. The molecular weight excluding hydrogens is 423 g/mol. The van der Waals surface area contributed by atoms with Crippen molar-refractivity contribution >= 4 is 29.9 Å². The van der Waals surface area contributed by atoms with Crippen molar-refractivity contribution in [3.8, 4) is 0 Å². The maximum Gasteiger partial charge on any atom is 0.191 e. The number of nitrogens with zero attached hydrogens (tertiary/aromatic N) is 2. The summed E-state index contributed by atoms with van der Waals surface area (Å²) >= 11 is 0. The van der Waals surface area contributed by atoms with Crippen LogP contribution in [-0.2, 0) is 6.54 Å². The Balaban J connectivity index is 0.00000312. The van der Waals surface area contributed by atoms with E-state index in [-0.39, 0.29) is 24.0 Å². The highest BCUT2D eigenvalue weighted by Gasteiger charge is 2.20. The molecular formula is C20H35IN4. The van der Waals surface area contributed by atoms with E-state index in [2.05, 4.69) is 60.6 Å². The number of aliphatic imine (C=N–C) groups is 1. The van der Waals surface area contributed by atoms with Gasteiger partial charge in [-0.3, -0.25) is 0 Å². The van der Waals surface area contributed by atoms with Gasteiger partial charge in [0.1, 0.15) is 0 Å². The average molecular weight is 458 g/mol. The van der Waals surface area contributed by atoms with Gasteiger partial charge in [-0.1, -0.05) is 50.1 Å². The molecule has 1 unspecified atom stereocenters. The zero-order valence-electron chi connectivity index (χ0n) is 16.1. The molecule has 1 aliphatic rings. The topological polar surface area (TPSA) is 39.7 Å². The van der Waals surface area contributed by atoms with Crippen molar-refractivity contribution in [3.63, 3.8) is 0 Å². The third-order valence-corrected chi connectivity index (χ3v) is 4.74. The van der Waals surface area contributed by atoms with Gasteiger partial charge in [0.2, 0.25) is 0 Å². The second kappa shape index (κ2) is 12.5. The molecule has 1 saturated heterocycles. The van der Waals surface area contributed by atoms with Crippen LogP contribution in [0.4, 0.5) is 0 Å². The molecule has 0 aromatic heterocycles. The van der Waals surface area contributed by atoms with Crippen LogP contribution in [0.1, 0.15) is 44.2 Å². The summed E-state index contributed by atoms with van der Waals surface area (Å²) in [5.41, 5.74) is 2.55. The smallest absolute Gasteiger partial charge is 0.191 e. The minimum absolute atomic E-state index is 0. The first-order valence-electron chi connectivity index (χ1n) is 9.51. The minimum Gasteiger partial charge on any atom is -0.356 e. The van der Waals surface area contributed by atoms with Crippen LogP contribution in [-0.4, -0.2) is 43.6 Å². The van der Waals surface area contributed by atoms with Gasteiger partial charge < -0.3 is 15.5 Å². The van der Waals surface area contributed by atoms with Gasteiger partial charge in [0.15, 0.2) is 5.96 Å². The normalized spacial score (nSPS) is 18.0. The highest BCUT2D eigenvalue weighted by molar-refractivity contribution is 14.0. The van der Waals surface area contributed by atoms with E-state index in [1.54, 1.807) is 0 Å². The zero-order chi connectivity index (χ0) is 17.2. The predicted octanol–water partition coefficient (Wildman–Crippen LogP) is 3.79. The van der Waals surface area contributed by atoms with Crippen molar-refractivity contribution in [3.05, 3.63) is 35.4 Å². The molecule has 1 heterocycles. The fraction of sp³-hybridized carbons (Fsp3) is 0.650. The molecule has 2 rings (SSSR count). The van der Waals surface area contributed by atoms with Gasteiger partial charge in [-0.2, -0.15) is 0 Å². The number of hydrogen-bond acceptors (Lipinski definition) is 2. The summed E-state index contributed by atoms with van der Waals surface area (Å²) < 4.78 is 0. The number of aryl methyl sites for hydroxylation is 1. The largest absolute Gasteiger partial charge is 0.356 e. The van der Waals surface area contributed by atoms with Crippen molar-refractivity contribution in [2.24, 2.45) is 10.9 Å². The number of hydrogen-bond donors (Lipinski definition) is 2. The van der Waals surface area contributed by atoms with Crippen molar-refractivity contribution in [1.82, 2.24) is 15.5 Å². The van der Waals surface area contributed by atoms with Crippen LogP contribution in [0.2, 0.25) is 0 Å². The summed E-state index contributed by atoms with van der Waals surface area (Å²) in [5.74, 6) is 1.70. The summed E-state index contributed by atoms with van der Waals surface area (Å²) in [7, 11) is 0. The van der Waals surface area contributed by atoms with E-state index in [1.165, 1.54) is 50.0 Å². The second-order valence-corrected chi connectivity index (χ2v) is 6.86. The summed E-state index contributed by atoms with van der Waals surface area (Å²) in [6.45, 7) is 12.9. The number of rotatable bonds is 8. The van der Waals surface area contributed by atoms with Gasteiger partial charge in [0.05, 0.1) is 6.54 Å². The predicted molar refractivity (Wildman–Crippen MR) is 119 cm³/mol. The number of nitrogens with one attached hydrogen (secondary N) is 2. The van der Waals surface area contributed by atoms with Crippen molar-refractivity contribution < 1.29 is 0 Å². The van der Waals surface area contributed by atoms with Crippen molar-refractivity contribution in [2.75, 3.05) is 32.7 Å².